The molecule has 0 radical (unpaired) electrons. The lowest BCUT2D eigenvalue weighted by atomic mass is 9.97. The predicted octanol–water partition coefficient (Wildman–Crippen LogP) is 3.11. The summed E-state index contributed by atoms with van der Waals surface area (Å²) >= 11 is 0. The Morgan fingerprint density at radius 3 is 2.55 bits per heavy atom. The van der Waals surface area contributed by atoms with Crippen molar-refractivity contribution in [3.8, 4) is 0 Å². The number of nitroso groups, excluding NO2 is 1. The van der Waals surface area contributed by atoms with E-state index in [9.17, 15) is 4.91 Å². The molecule has 11 heavy (non-hydrogen) atoms. The van der Waals surface area contributed by atoms with Crippen molar-refractivity contribution >= 4 is 0 Å². The van der Waals surface area contributed by atoms with Crippen LogP contribution in [0.4, 0.5) is 0 Å². The van der Waals surface area contributed by atoms with E-state index in [1.165, 1.54) is 12.8 Å². The van der Waals surface area contributed by atoms with Gasteiger partial charge in [0.05, 0.1) is 6.04 Å². The minimum Gasteiger partial charge on any atom is -0.151 e. The fourth-order valence-corrected chi connectivity index (χ4v) is 1.51. The van der Waals surface area contributed by atoms with Crippen LogP contribution < -0.4 is 0 Å². The highest BCUT2D eigenvalue weighted by molar-refractivity contribution is 4.91. The third kappa shape index (κ3) is 2.60. The van der Waals surface area contributed by atoms with Crippen LogP contribution in [0.2, 0.25) is 0 Å². The molecular weight excluding hydrogens is 138 g/mol. The first-order valence-electron chi connectivity index (χ1n) is 4.53. The summed E-state index contributed by atoms with van der Waals surface area (Å²) in [7, 11) is 0. The Hall–Kier alpha value is -0.400. The molecule has 0 saturated heterocycles. The molecule has 2 heteroatoms. The van der Waals surface area contributed by atoms with E-state index in [-0.39, 0.29) is 6.04 Å². The van der Waals surface area contributed by atoms with E-state index in [0.29, 0.717) is 5.41 Å². The van der Waals surface area contributed by atoms with Crippen LogP contribution >= 0.6 is 0 Å². The summed E-state index contributed by atoms with van der Waals surface area (Å²) in [6.45, 7) is 4.36. The van der Waals surface area contributed by atoms with Crippen molar-refractivity contribution in [2.45, 2.75) is 52.0 Å². The van der Waals surface area contributed by atoms with E-state index in [2.05, 4.69) is 19.0 Å². The summed E-state index contributed by atoms with van der Waals surface area (Å²) in [6.07, 6.45) is 5.65. The molecule has 2 nitrogen and oxygen atoms in total. The summed E-state index contributed by atoms with van der Waals surface area (Å²) in [6, 6.07) is 0.0903. The first-order chi connectivity index (χ1) is 5.20. The van der Waals surface area contributed by atoms with E-state index in [1.807, 2.05) is 0 Å². The fourth-order valence-electron chi connectivity index (χ4n) is 1.51. The van der Waals surface area contributed by atoms with Crippen LogP contribution in [0.3, 0.4) is 0 Å². The highest BCUT2D eigenvalue weighted by Crippen LogP contribution is 2.49. The van der Waals surface area contributed by atoms with Crippen LogP contribution in [0.25, 0.3) is 0 Å². The van der Waals surface area contributed by atoms with Crippen LogP contribution in [-0.4, -0.2) is 6.04 Å². The van der Waals surface area contributed by atoms with E-state index in [0.717, 1.165) is 19.3 Å². The molecular formula is C9H17NO. The van der Waals surface area contributed by atoms with Gasteiger partial charge >= 0.3 is 0 Å². The smallest absolute Gasteiger partial charge is 0.0924 e. The Morgan fingerprint density at radius 2 is 2.18 bits per heavy atom. The van der Waals surface area contributed by atoms with Gasteiger partial charge in [0, 0.05) is 0 Å². The summed E-state index contributed by atoms with van der Waals surface area (Å²) in [4.78, 5) is 10.4. The van der Waals surface area contributed by atoms with Gasteiger partial charge in [-0.25, -0.2) is 0 Å². The Kier molecular flexibility index (Phi) is 2.63. The summed E-state index contributed by atoms with van der Waals surface area (Å²) in [5.74, 6) is 0. The zero-order valence-corrected chi connectivity index (χ0v) is 7.47. The Labute approximate surface area is 68.3 Å². The van der Waals surface area contributed by atoms with Gasteiger partial charge in [-0.05, 0) is 31.1 Å². The summed E-state index contributed by atoms with van der Waals surface area (Å²) in [5, 5.41) is 3.15. The molecule has 1 aliphatic rings. The van der Waals surface area contributed by atoms with Crippen LogP contribution in [0.15, 0.2) is 5.18 Å². The number of rotatable bonds is 5. The first kappa shape index (κ1) is 8.69. The molecule has 1 unspecified atom stereocenters. The lowest BCUT2D eigenvalue weighted by Crippen LogP contribution is -2.09. The molecule has 0 aromatic heterocycles. The molecule has 0 aromatic carbocycles. The maximum absolute atomic E-state index is 10.4. The molecule has 0 spiro atoms. The van der Waals surface area contributed by atoms with Gasteiger partial charge in [0.15, 0.2) is 0 Å². The van der Waals surface area contributed by atoms with Crippen molar-refractivity contribution in [1.29, 1.82) is 0 Å². The highest BCUT2D eigenvalue weighted by atomic mass is 16.3. The van der Waals surface area contributed by atoms with Gasteiger partial charge in [0.1, 0.15) is 0 Å². The molecule has 0 heterocycles. The maximum Gasteiger partial charge on any atom is 0.0924 e. The lowest BCUT2D eigenvalue weighted by molar-refractivity contribution is 0.427. The second-order valence-electron chi connectivity index (χ2n) is 4.06. The molecule has 0 amide bonds. The van der Waals surface area contributed by atoms with Gasteiger partial charge in [-0.2, -0.15) is 4.91 Å². The topological polar surface area (TPSA) is 29.4 Å². The quantitative estimate of drug-likeness (QED) is 0.561. The molecule has 1 aliphatic carbocycles. The maximum atomic E-state index is 10.4. The van der Waals surface area contributed by atoms with Crippen LogP contribution in [0.1, 0.15) is 46.0 Å². The molecule has 0 N–H and O–H groups in total. The molecule has 1 saturated carbocycles. The minimum absolute atomic E-state index is 0.0903. The van der Waals surface area contributed by atoms with E-state index in [1.54, 1.807) is 0 Å². The van der Waals surface area contributed by atoms with Gasteiger partial charge in [-0.3, -0.25) is 0 Å². The van der Waals surface area contributed by atoms with Crippen molar-refractivity contribution in [3.05, 3.63) is 4.91 Å². The van der Waals surface area contributed by atoms with Gasteiger partial charge in [-0.15, -0.1) is 0 Å². The van der Waals surface area contributed by atoms with E-state index < -0.39 is 0 Å². The zero-order valence-electron chi connectivity index (χ0n) is 7.47. The molecule has 1 atom stereocenters. The monoisotopic (exact) mass is 155 g/mol. The van der Waals surface area contributed by atoms with Crippen molar-refractivity contribution in [2.75, 3.05) is 0 Å². The Bertz CT molecular complexity index is 140. The van der Waals surface area contributed by atoms with Gasteiger partial charge < -0.3 is 0 Å². The SMILES string of the molecule is CCCC(CC1(C)CC1)N=O. The summed E-state index contributed by atoms with van der Waals surface area (Å²) < 4.78 is 0. The summed E-state index contributed by atoms with van der Waals surface area (Å²) in [5.41, 5.74) is 0.480. The number of nitrogens with zero attached hydrogens (tertiary/aromatic N) is 1. The third-order valence-corrected chi connectivity index (χ3v) is 2.60. The highest BCUT2D eigenvalue weighted by Gasteiger charge is 2.39. The van der Waals surface area contributed by atoms with Gasteiger partial charge in [0.25, 0.3) is 0 Å². The van der Waals surface area contributed by atoms with Crippen molar-refractivity contribution in [3.63, 3.8) is 0 Å². The van der Waals surface area contributed by atoms with Crippen LogP contribution in [0.5, 0.6) is 0 Å². The molecule has 0 aliphatic heterocycles. The van der Waals surface area contributed by atoms with Crippen molar-refractivity contribution in [2.24, 2.45) is 10.6 Å². The molecule has 0 aromatic rings. The van der Waals surface area contributed by atoms with Crippen LogP contribution in [-0.2, 0) is 0 Å². The second kappa shape index (κ2) is 3.33. The van der Waals surface area contributed by atoms with Crippen molar-refractivity contribution < 1.29 is 0 Å². The lowest BCUT2D eigenvalue weighted by Gasteiger charge is -2.11. The fraction of sp³-hybridized carbons (Fsp3) is 1.00. The number of hydrogen-bond donors (Lipinski definition) is 0. The van der Waals surface area contributed by atoms with Gasteiger partial charge in [0.2, 0.25) is 0 Å². The third-order valence-electron chi connectivity index (χ3n) is 2.60. The predicted molar refractivity (Wildman–Crippen MR) is 46.4 cm³/mol. The first-order valence-corrected chi connectivity index (χ1v) is 4.53. The van der Waals surface area contributed by atoms with Crippen molar-refractivity contribution in [1.82, 2.24) is 0 Å². The molecule has 0 bridgehead atoms. The normalized spacial score (nSPS) is 22.7. The second-order valence-corrected chi connectivity index (χ2v) is 4.06. The minimum atomic E-state index is 0.0903. The van der Waals surface area contributed by atoms with E-state index >= 15 is 0 Å². The Balaban J connectivity index is 2.25. The largest absolute Gasteiger partial charge is 0.151 e. The zero-order chi connectivity index (χ0) is 8.32. The average Bonchev–Trinajstić information content (AvgIpc) is 2.68. The van der Waals surface area contributed by atoms with E-state index in [4.69, 9.17) is 0 Å². The molecule has 1 fully saturated rings. The molecule has 1 rings (SSSR count). The Morgan fingerprint density at radius 1 is 1.55 bits per heavy atom. The van der Waals surface area contributed by atoms with Gasteiger partial charge in [-0.1, -0.05) is 25.4 Å². The average molecular weight is 155 g/mol. The standard InChI is InChI=1S/C9H17NO/c1-3-4-8(10-11)7-9(2)5-6-9/h8H,3-7H2,1-2H3. The number of hydrogen-bond acceptors (Lipinski definition) is 2. The molecule has 64 valence electrons. The van der Waals surface area contributed by atoms with Crippen LogP contribution in [0, 0.1) is 10.3 Å².